The van der Waals surface area contributed by atoms with E-state index in [1.54, 1.807) is 0 Å². The van der Waals surface area contributed by atoms with Crippen LogP contribution >= 0.6 is 0 Å². The minimum Gasteiger partial charge on any atom is -0.311 e. The molecule has 0 aliphatic carbocycles. The summed E-state index contributed by atoms with van der Waals surface area (Å²) < 4.78 is 0. The Balaban J connectivity index is 0.797. The van der Waals surface area contributed by atoms with Crippen molar-refractivity contribution in [2.45, 2.75) is 0 Å². The smallest absolute Gasteiger partial charge is 0.0540 e. The van der Waals surface area contributed by atoms with Gasteiger partial charge < -0.3 is 19.6 Å². The average Bonchev–Trinajstić information content (AvgIpc) is 2.83. The second-order valence-electron chi connectivity index (χ2n) is 21.7. The molecule has 15 aromatic carbocycles. The van der Waals surface area contributed by atoms with Crippen LogP contribution in [0.1, 0.15) is 0 Å². The second-order valence-corrected chi connectivity index (χ2v) is 21.7. The number of fused-ring (bicyclic) bond motifs is 5. The molecule has 15 aromatic rings. The lowest BCUT2D eigenvalue weighted by atomic mass is 9.99. The zero-order valence-electron chi connectivity index (χ0n) is 47.3. The normalized spacial score (nSPS) is 11.3. The van der Waals surface area contributed by atoms with Crippen molar-refractivity contribution in [3.63, 3.8) is 0 Å². The van der Waals surface area contributed by atoms with E-state index in [0.29, 0.717) is 0 Å². The van der Waals surface area contributed by atoms with Crippen LogP contribution in [-0.4, -0.2) is 0 Å². The number of rotatable bonds is 14. The Kier molecular flexibility index (Phi) is 13.6. The maximum absolute atomic E-state index is 2.41. The molecule has 0 bridgehead atoms. The van der Waals surface area contributed by atoms with Gasteiger partial charge in [-0.25, -0.2) is 0 Å². The molecule has 0 atom stereocenters. The van der Waals surface area contributed by atoms with E-state index in [2.05, 4.69) is 371 Å². The highest BCUT2D eigenvalue weighted by atomic mass is 15.2. The molecule has 0 N–H and O–H groups in total. The SMILES string of the molecule is c1ccc(-c2ccc(N(c3ccccc3)c3ccc(N(c4ccc5c(ccc6cc(N(c7ccc(N(c8ccccc8)c8ccc(-c9ccccc9)cc8)cc7)c7cccc8ccccc78)ccc65)c4)c4cccc5ccccc45)cc3)cc2)cc1. The van der Waals surface area contributed by atoms with Crippen molar-refractivity contribution in [3.8, 4) is 22.3 Å². The predicted octanol–water partition coefficient (Wildman–Crippen LogP) is 23.5. The Morgan fingerprint density at radius 2 is 0.407 bits per heavy atom. The fraction of sp³-hybridized carbons (Fsp3) is 0. The minimum absolute atomic E-state index is 1.06. The van der Waals surface area contributed by atoms with Gasteiger partial charge in [-0.15, -0.1) is 0 Å². The summed E-state index contributed by atoms with van der Waals surface area (Å²) in [5.41, 5.74) is 17.8. The Morgan fingerprint density at radius 3 is 0.779 bits per heavy atom. The minimum atomic E-state index is 1.06. The van der Waals surface area contributed by atoms with E-state index in [0.717, 1.165) is 79.0 Å². The van der Waals surface area contributed by atoms with Crippen LogP contribution in [0.3, 0.4) is 0 Å². The molecule has 406 valence electrons. The molecule has 0 heterocycles. The van der Waals surface area contributed by atoms with Gasteiger partial charge >= 0.3 is 0 Å². The van der Waals surface area contributed by atoms with Crippen LogP contribution in [0.2, 0.25) is 0 Å². The summed E-state index contributed by atoms with van der Waals surface area (Å²) >= 11 is 0. The molecule has 0 amide bonds. The van der Waals surface area contributed by atoms with E-state index in [9.17, 15) is 0 Å². The number of para-hydroxylation sites is 2. The molecule has 0 aliphatic rings. The molecule has 0 aliphatic heterocycles. The van der Waals surface area contributed by atoms with Crippen LogP contribution in [0.15, 0.2) is 352 Å². The largest absolute Gasteiger partial charge is 0.311 e. The summed E-state index contributed by atoms with van der Waals surface area (Å²) in [6, 6.07) is 127. The highest BCUT2D eigenvalue weighted by Gasteiger charge is 2.22. The number of hydrogen-bond donors (Lipinski definition) is 0. The molecular formula is C82H58N4. The van der Waals surface area contributed by atoms with Gasteiger partial charge in [0.1, 0.15) is 0 Å². The van der Waals surface area contributed by atoms with Gasteiger partial charge in [-0.3, -0.25) is 0 Å². The maximum atomic E-state index is 2.41. The number of anilines is 12. The van der Waals surface area contributed by atoms with E-state index in [4.69, 9.17) is 0 Å². The van der Waals surface area contributed by atoms with Crippen molar-refractivity contribution in [1.82, 2.24) is 0 Å². The summed E-state index contributed by atoms with van der Waals surface area (Å²) in [4.78, 5) is 9.49. The zero-order valence-corrected chi connectivity index (χ0v) is 47.3. The van der Waals surface area contributed by atoms with Crippen molar-refractivity contribution < 1.29 is 0 Å². The van der Waals surface area contributed by atoms with Crippen LogP contribution in [0.4, 0.5) is 68.2 Å². The quantitative estimate of drug-likeness (QED) is 0.101. The van der Waals surface area contributed by atoms with Gasteiger partial charge in [-0.2, -0.15) is 0 Å². The van der Waals surface area contributed by atoms with E-state index in [-0.39, 0.29) is 0 Å². The Labute approximate surface area is 502 Å². The first kappa shape index (κ1) is 51.4. The average molecular weight is 1100 g/mol. The topological polar surface area (TPSA) is 13.0 Å². The number of benzene rings is 15. The summed E-state index contributed by atoms with van der Waals surface area (Å²) in [5, 5.41) is 9.47. The third-order valence-electron chi connectivity index (χ3n) is 16.6. The van der Waals surface area contributed by atoms with Gasteiger partial charge in [-0.1, -0.05) is 218 Å². The fourth-order valence-corrected chi connectivity index (χ4v) is 12.4. The highest BCUT2D eigenvalue weighted by molar-refractivity contribution is 6.11. The Morgan fingerprint density at radius 1 is 0.140 bits per heavy atom. The van der Waals surface area contributed by atoms with E-state index < -0.39 is 0 Å². The molecule has 15 rings (SSSR count). The number of hydrogen-bond acceptors (Lipinski definition) is 4. The van der Waals surface area contributed by atoms with Gasteiger partial charge in [0.25, 0.3) is 0 Å². The predicted molar refractivity (Wildman–Crippen MR) is 366 cm³/mol. The standard InChI is InChI=1S/C82H58N4/c1-5-19-59(20-6-1)61-37-41-69(42-38-61)83(67-27-9-3-10-28-67)71-45-49-73(50-46-71)85(81-33-17-25-63-23-13-15-31-79(63)81)75-53-55-77-65(57-75)35-36-66-58-76(54-56-78(66)77)86(82-34-18-26-64-24-14-16-32-80(64)82)74-51-47-72(48-52-74)84(68-29-11-4-12-30-68)70-43-39-62(40-44-70)60-21-7-2-8-22-60/h1-58H. The van der Waals surface area contributed by atoms with Gasteiger partial charge in [0.15, 0.2) is 0 Å². The van der Waals surface area contributed by atoms with Gasteiger partial charge in [0, 0.05) is 67.6 Å². The lowest BCUT2D eigenvalue weighted by Gasteiger charge is -2.29. The maximum Gasteiger partial charge on any atom is 0.0540 e. The lowest BCUT2D eigenvalue weighted by molar-refractivity contribution is 1.26. The van der Waals surface area contributed by atoms with Crippen molar-refractivity contribution >= 4 is 111 Å². The van der Waals surface area contributed by atoms with Gasteiger partial charge in [-0.05, 0) is 188 Å². The third kappa shape index (κ3) is 9.91. The molecule has 0 radical (unpaired) electrons. The lowest BCUT2D eigenvalue weighted by Crippen LogP contribution is -2.12. The van der Waals surface area contributed by atoms with Crippen LogP contribution in [0.25, 0.3) is 65.3 Å². The first-order chi connectivity index (χ1) is 42.6. The molecule has 0 unspecified atom stereocenters. The molecule has 0 fully saturated rings. The Hall–Kier alpha value is -11.5. The van der Waals surface area contributed by atoms with Crippen molar-refractivity contribution in [1.29, 1.82) is 0 Å². The number of nitrogens with zero attached hydrogens (tertiary/aromatic N) is 4. The molecule has 0 saturated heterocycles. The van der Waals surface area contributed by atoms with Crippen LogP contribution < -0.4 is 19.6 Å². The van der Waals surface area contributed by atoms with E-state index in [1.165, 1.54) is 54.6 Å². The summed E-state index contributed by atoms with van der Waals surface area (Å²) in [7, 11) is 0. The second kappa shape index (κ2) is 22.7. The molecule has 86 heavy (non-hydrogen) atoms. The van der Waals surface area contributed by atoms with Crippen LogP contribution in [-0.2, 0) is 0 Å². The van der Waals surface area contributed by atoms with Crippen molar-refractivity contribution in [2.24, 2.45) is 0 Å². The molecule has 0 spiro atoms. The van der Waals surface area contributed by atoms with E-state index >= 15 is 0 Å². The van der Waals surface area contributed by atoms with E-state index in [1.807, 2.05) is 0 Å². The van der Waals surface area contributed by atoms with Gasteiger partial charge in [0.05, 0.1) is 11.4 Å². The first-order valence-electron chi connectivity index (χ1n) is 29.4. The van der Waals surface area contributed by atoms with Crippen LogP contribution in [0.5, 0.6) is 0 Å². The molecule has 4 nitrogen and oxygen atoms in total. The summed E-state index contributed by atoms with van der Waals surface area (Å²) in [6.45, 7) is 0. The van der Waals surface area contributed by atoms with Gasteiger partial charge in [0.2, 0.25) is 0 Å². The molecule has 0 aromatic heterocycles. The third-order valence-corrected chi connectivity index (χ3v) is 16.6. The first-order valence-corrected chi connectivity index (χ1v) is 29.4. The summed E-state index contributed by atoms with van der Waals surface area (Å²) in [5.74, 6) is 0. The monoisotopic (exact) mass is 1100 g/mol. The molecular weight excluding hydrogens is 1040 g/mol. The van der Waals surface area contributed by atoms with Crippen molar-refractivity contribution in [2.75, 3.05) is 19.6 Å². The zero-order chi connectivity index (χ0) is 57.2. The molecule has 0 saturated carbocycles. The Bertz CT molecular complexity index is 4520. The molecule has 4 heteroatoms. The van der Waals surface area contributed by atoms with Crippen LogP contribution in [0, 0.1) is 0 Å². The fourth-order valence-electron chi connectivity index (χ4n) is 12.4. The van der Waals surface area contributed by atoms with Crippen molar-refractivity contribution in [3.05, 3.63) is 352 Å². The summed E-state index contributed by atoms with van der Waals surface area (Å²) in [6.07, 6.45) is 0. The highest BCUT2D eigenvalue weighted by Crippen LogP contribution is 2.46.